The molecule has 2 aromatic carbocycles. The van der Waals surface area contributed by atoms with E-state index in [0.29, 0.717) is 6.04 Å². The zero-order valence-electron chi connectivity index (χ0n) is 17.4. The van der Waals surface area contributed by atoms with Gasteiger partial charge in [0.2, 0.25) is 0 Å². The second-order valence-electron chi connectivity index (χ2n) is 8.48. The lowest BCUT2D eigenvalue weighted by molar-refractivity contribution is 0.547. The summed E-state index contributed by atoms with van der Waals surface area (Å²) in [6.07, 6.45) is 6.85. The highest BCUT2D eigenvalue weighted by Crippen LogP contribution is 2.19. The zero-order valence-corrected chi connectivity index (χ0v) is 17.4. The Morgan fingerprint density at radius 2 is 1.73 bits per heavy atom. The van der Waals surface area contributed by atoms with Crippen molar-refractivity contribution in [3.63, 3.8) is 0 Å². The van der Waals surface area contributed by atoms with Crippen LogP contribution in [0.2, 0.25) is 0 Å². The van der Waals surface area contributed by atoms with Gasteiger partial charge in [-0.1, -0.05) is 88.7 Å². The first-order valence-corrected chi connectivity index (χ1v) is 9.89. The van der Waals surface area contributed by atoms with Gasteiger partial charge < -0.3 is 5.32 Å². The SMILES string of the molecule is CCCc1ccc(CNC(C)c2ccc(/C=C/C(C)(C)C)cc2)cc1C. The summed E-state index contributed by atoms with van der Waals surface area (Å²) in [7, 11) is 0. The van der Waals surface area contributed by atoms with Crippen molar-refractivity contribution in [2.75, 3.05) is 0 Å². The maximum atomic E-state index is 3.65. The molecule has 0 aliphatic carbocycles. The number of aryl methyl sites for hydroxylation is 2. The van der Waals surface area contributed by atoms with Crippen molar-refractivity contribution in [2.24, 2.45) is 5.41 Å². The fourth-order valence-electron chi connectivity index (χ4n) is 3.05. The lowest BCUT2D eigenvalue weighted by Gasteiger charge is -2.16. The van der Waals surface area contributed by atoms with E-state index in [-0.39, 0.29) is 5.41 Å². The molecule has 0 bridgehead atoms. The van der Waals surface area contributed by atoms with E-state index in [1.807, 2.05) is 0 Å². The van der Waals surface area contributed by atoms with Crippen LogP contribution in [0.25, 0.3) is 6.08 Å². The number of rotatable bonds is 7. The lowest BCUT2D eigenvalue weighted by atomic mass is 9.95. The Balaban J connectivity index is 1.94. The van der Waals surface area contributed by atoms with E-state index in [0.717, 1.165) is 6.54 Å². The third-order valence-corrected chi connectivity index (χ3v) is 4.75. The van der Waals surface area contributed by atoms with Gasteiger partial charge >= 0.3 is 0 Å². The number of allylic oxidation sites excluding steroid dienone is 1. The molecule has 0 radical (unpaired) electrons. The molecular formula is C25H35N. The smallest absolute Gasteiger partial charge is 0.0294 e. The van der Waals surface area contributed by atoms with Crippen LogP contribution in [0.3, 0.4) is 0 Å². The average Bonchev–Trinajstić information content (AvgIpc) is 2.60. The molecule has 0 fully saturated rings. The highest BCUT2D eigenvalue weighted by atomic mass is 14.9. The van der Waals surface area contributed by atoms with E-state index < -0.39 is 0 Å². The summed E-state index contributed by atoms with van der Waals surface area (Å²) < 4.78 is 0. The van der Waals surface area contributed by atoms with Gasteiger partial charge in [-0.05, 0) is 53.5 Å². The van der Waals surface area contributed by atoms with Crippen molar-refractivity contribution in [1.82, 2.24) is 5.32 Å². The number of nitrogens with one attached hydrogen (secondary N) is 1. The Morgan fingerprint density at radius 1 is 1.04 bits per heavy atom. The monoisotopic (exact) mass is 349 g/mol. The first-order valence-electron chi connectivity index (χ1n) is 9.89. The van der Waals surface area contributed by atoms with Crippen molar-refractivity contribution in [2.45, 2.75) is 67.0 Å². The highest BCUT2D eigenvalue weighted by molar-refractivity contribution is 5.50. The molecule has 0 aliphatic heterocycles. The van der Waals surface area contributed by atoms with Crippen molar-refractivity contribution >= 4 is 6.08 Å². The fraction of sp³-hybridized carbons (Fsp3) is 0.440. The molecule has 0 saturated heterocycles. The summed E-state index contributed by atoms with van der Waals surface area (Å²) >= 11 is 0. The van der Waals surface area contributed by atoms with Crippen LogP contribution in [-0.4, -0.2) is 0 Å². The van der Waals surface area contributed by atoms with Crippen LogP contribution in [0, 0.1) is 12.3 Å². The molecule has 0 aliphatic rings. The standard InChI is InChI=1S/C25H35N/c1-7-8-23-12-11-22(17-19(23)2)18-26-20(3)24-13-9-21(10-14-24)15-16-25(4,5)6/h9-17,20,26H,7-8,18H2,1-6H3/b16-15+. The molecule has 0 aromatic heterocycles. The quantitative estimate of drug-likeness (QED) is 0.576. The van der Waals surface area contributed by atoms with Gasteiger partial charge in [-0.3, -0.25) is 0 Å². The topological polar surface area (TPSA) is 12.0 Å². The summed E-state index contributed by atoms with van der Waals surface area (Å²) in [5.41, 5.74) is 7.06. The molecule has 0 amide bonds. The predicted octanol–water partition coefficient (Wildman–Crippen LogP) is 6.86. The second kappa shape index (κ2) is 9.19. The van der Waals surface area contributed by atoms with E-state index in [1.54, 1.807) is 0 Å². The van der Waals surface area contributed by atoms with Crippen molar-refractivity contribution in [3.8, 4) is 0 Å². The number of benzene rings is 2. The Morgan fingerprint density at radius 3 is 2.31 bits per heavy atom. The van der Waals surface area contributed by atoms with Gasteiger partial charge in [-0.2, -0.15) is 0 Å². The van der Waals surface area contributed by atoms with Gasteiger partial charge in [-0.25, -0.2) is 0 Å². The minimum atomic E-state index is 0.221. The molecule has 0 heterocycles. The van der Waals surface area contributed by atoms with E-state index in [4.69, 9.17) is 0 Å². The normalized spacial score (nSPS) is 13.3. The summed E-state index contributed by atoms with van der Waals surface area (Å²) in [5, 5.41) is 3.65. The Hall–Kier alpha value is -1.86. The van der Waals surface area contributed by atoms with Gasteiger partial charge in [0.25, 0.3) is 0 Å². The fourth-order valence-corrected chi connectivity index (χ4v) is 3.05. The van der Waals surface area contributed by atoms with E-state index in [2.05, 4.69) is 101 Å². The maximum absolute atomic E-state index is 3.65. The summed E-state index contributed by atoms with van der Waals surface area (Å²) in [5.74, 6) is 0. The van der Waals surface area contributed by atoms with Gasteiger partial charge in [0.1, 0.15) is 0 Å². The van der Waals surface area contributed by atoms with Crippen molar-refractivity contribution < 1.29 is 0 Å². The molecule has 1 unspecified atom stereocenters. The van der Waals surface area contributed by atoms with Gasteiger partial charge in [0.05, 0.1) is 0 Å². The van der Waals surface area contributed by atoms with Crippen molar-refractivity contribution in [3.05, 3.63) is 76.4 Å². The van der Waals surface area contributed by atoms with Gasteiger partial charge in [0, 0.05) is 12.6 Å². The van der Waals surface area contributed by atoms with Gasteiger partial charge in [-0.15, -0.1) is 0 Å². The van der Waals surface area contributed by atoms with Crippen molar-refractivity contribution in [1.29, 1.82) is 0 Å². The zero-order chi connectivity index (χ0) is 19.2. The van der Waals surface area contributed by atoms with Crippen LogP contribution in [0.15, 0.2) is 48.5 Å². The van der Waals surface area contributed by atoms with E-state index in [1.165, 1.54) is 40.7 Å². The second-order valence-corrected chi connectivity index (χ2v) is 8.48. The van der Waals surface area contributed by atoms with Crippen LogP contribution in [0.4, 0.5) is 0 Å². The van der Waals surface area contributed by atoms with Crippen LogP contribution in [0.1, 0.15) is 74.9 Å². The number of hydrogen-bond donors (Lipinski definition) is 1. The Labute approximate surface area is 160 Å². The average molecular weight is 350 g/mol. The largest absolute Gasteiger partial charge is 0.306 e. The molecule has 0 spiro atoms. The molecule has 0 saturated carbocycles. The molecule has 26 heavy (non-hydrogen) atoms. The number of hydrogen-bond acceptors (Lipinski definition) is 1. The summed E-state index contributed by atoms with van der Waals surface area (Å²) in [4.78, 5) is 0. The molecule has 1 N–H and O–H groups in total. The molecular weight excluding hydrogens is 314 g/mol. The molecule has 1 nitrogen and oxygen atoms in total. The first-order chi connectivity index (χ1) is 12.3. The van der Waals surface area contributed by atoms with Crippen LogP contribution < -0.4 is 5.32 Å². The molecule has 1 atom stereocenters. The summed E-state index contributed by atoms with van der Waals surface area (Å²) in [6, 6.07) is 16.1. The molecule has 2 rings (SSSR count). The van der Waals surface area contributed by atoms with Crippen LogP contribution in [-0.2, 0) is 13.0 Å². The predicted molar refractivity (Wildman–Crippen MR) is 115 cm³/mol. The Kier molecular flexibility index (Phi) is 7.23. The van der Waals surface area contributed by atoms with Crippen LogP contribution in [0.5, 0.6) is 0 Å². The Bertz CT molecular complexity index is 717. The molecule has 1 heteroatoms. The molecule has 2 aromatic rings. The highest BCUT2D eigenvalue weighted by Gasteiger charge is 2.07. The third-order valence-electron chi connectivity index (χ3n) is 4.75. The van der Waals surface area contributed by atoms with Crippen LogP contribution >= 0.6 is 0 Å². The lowest BCUT2D eigenvalue weighted by Crippen LogP contribution is -2.18. The van der Waals surface area contributed by atoms with E-state index >= 15 is 0 Å². The van der Waals surface area contributed by atoms with Gasteiger partial charge in [0.15, 0.2) is 0 Å². The summed E-state index contributed by atoms with van der Waals surface area (Å²) in [6.45, 7) is 14.3. The third kappa shape index (κ3) is 6.46. The molecule has 140 valence electrons. The minimum Gasteiger partial charge on any atom is -0.306 e. The maximum Gasteiger partial charge on any atom is 0.0294 e. The minimum absolute atomic E-state index is 0.221. The first kappa shape index (κ1) is 20.5. The van der Waals surface area contributed by atoms with E-state index in [9.17, 15) is 0 Å².